The molecule has 1 atom stereocenters. The van der Waals surface area contributed by atoms with E-state index in [1.54, 1.807) is 6.33 Å². The van der Waals surface area contributed by atoms with E-state index in [-0.39, 0.29) is 12.1 Å². The number of hydrogen-bond donors (Lipinski definition) is 1. The molecule has 0 aliphatic carbocycles. The number of fused-ring (bicyclic) bond motifs is 1. The van der Waals surface area contributed by atoms with Crippen molar-refractivity contribution in [3.8, 4) is 0 Å². The summed E-state index contributed by atoms with van der Waals surface area (Å²) in [6.45, 7) is 9.09. The second-order valence-electron chi connectivity index (χ2n) is 9.37. The second-order valence-corrected chi connectivity index (χ2v) is 9.37. The van der Waals surface area contributed by atoms with Crippen LogP contribution in [0.15, 0.2) is 12.4 Å². The Morgan fingerprint density at radius 3 is 2.71 bits per heavy atom. The molecule has 2 aromatic heterocycles. The summed E-state index contributed by atoms with van der Waals surface area (Å²) in [4.78, 5) is 26.4. The monoisotopic (exact) mass is 427 g/mol. The average molecular weight is 428 g/mol. The Hall–Kier alpha value is -2.38. The molecule has 8 heteroatoms. The summed E-state index contributed by atoms with van der Waals surface area (Å²) in [5.41, 5.74) is 1.08. The van der Waals surface area contributed by atoms with Crippen molar-refractivity contribution in [2.75, 3.05) is 24.5 Å². The normalized spacial score (nSPS) is 21.0. The molecule has 2 aliphatic rings. The van der Waals surface area contributed by atoms with Gasteiger partial charge in [-0.15, -0.1) is 0 Å². The fraction of sp³-hybridized carbons (Fsp3) is 0.739. The van der Waals surface area contributed by atoms with Crippen molar-refractivity contribution in [2.24, 2.45) is 5.92 Å². The molecule has 0 radical (unpaired) electrons. The quantitative estimate of drug-likeness (QED) is 0.788. The Labute approximate surface area is 185 Å². The highest BCUT2D eigenvalue weighted by Gasteiger charge is 2.34. The highest BCUT2D eigenvalue weighted by molar-refractivity contribution is 5.75. The Morgan fingerprint density at radius 2 is 1.97 bits per heavy atom. The predicted octanol–water partition coefficient (Wildman–Crippen LogP) is 3.66. The van der Waals surface area contributed by atoms with E-state index in [0.717, 1.165) is 69.7 Å². The number of amides is 2. The zero-order valence-corrected chi connectivity index (χ0v) is 19.3. The summed E-state index contributed by atoms with van der Waals surface area (Å²) in [6, 6.07) is 2.82. The van der Waals surface area contributed by atoms with Crippen molar-refractivity contribution in [2.45, 2.75) is 84.2 Å². The van der Waals surface area contributed by atoms with Gasteiger partial charge in [-0.3, -0.25) is 0 Å². The molecule has 4 rings (SSSR count). The first-order valence-corrected chi connectivity index (χ1v) is 12.1. The first kappa shape index (κ1) is 21.8. The number of carbonyl (C=O) groups excluding carboxylic acids is 1. The zero-order valence-electron chi connectivity index (χ0n) is 19.3. The Morgan fingerprint density at radius 1 is 1.16 bits per heavy atom. The number of rotatable bonds is 5. The van der Waals surface area contributed by atoms with Crippen molar-refractivity contribution in [3.05, 3.63) is 18.1 Å². The predicted molar refractivity (Wildman–Crippen MR) is 122 cm³/mol. The summed E-state index contributed by atoms with van der Waals surface area (Å²) in [7, 11) is 0. The van der Waals surface area contributed by atoms with E-state index in [2.05, 4.69) is 43.2 Å². The van der Waals surface area contributed by atoms with Crippen molar-refractivity contribution in [1.82, 2.24) is 29.8 Å². The number of urea groups is 1. The van der Waals surface area contributed by atoms with Crippen LogP contribution in [-0.4, -0.2) is 62.2 Å². The van der Waals surface area contributed by atoms with Gasteiger partial charge in [-0.25, -0.2) is 9.78 Å². The van der Waals surface area contributed by atoms with Crippen LogP contribution in [0.5, 0.6) is 0 Å². The molecular weight excluding hydrogens is 390 g/mol. The van der Waals surface area contributed by atoms with Crippen LogP contribution in [0, 0.1) is 5.92 Å². The van der Waals surface area contributed by atoms with Crippen molar-refractivity contribution in [3.63, 3.8) is 0 Å². The highest BCUT2D eigenvalue weighted by Crippen LogP contribution is 2.32. The second kappa shape index (κ2) is 9.83. The van der Waals surface area contributed by atoms with Crippen LogP contribution in [0.1, 0.15) is 71.4 Å². The summed E-state index contributed by atoms with van der Waals surface area (Å²) < 4.78 is 1.87. The van der Waals surface area contributed by atoms with Crippen LogP contribution in [0.25, 0.3) is 5.78 Å². The summed E-state index contributed by atoms with van der Waals surface area (Å²) >= 11 is 0. The minimum Gasteiger partial charge on any atom is -0.356 e. The molecule has 170 valence electrons. The summed E-state index contributed by atoms with van der Waals surface area (Å²) in [6.07, 6.45) is 10.5. The lowest BCUT2D eigenvalue weighted by atomic mass is 9.86. The molecule has 2 saturated heterocycles. The number of hydrogen-bond acceptors (Lipinski definition) is 5. The van der Waals surface area contributed by atoms with Crippen LogP contribution in [0.4, 0.5) is 10.6 Å². The molecule has 0 aromatic carbocycles. The van der Waals surface area contributed by atoms with Gasteiger partial charge in [0.15, 0.2) is 0 Å². The van der Waals surface area contributed by atoms with E-state index < -0.39 is 0 Å². The number of aryl methyl sites for hydroxylation is 1. The van der Waals surface area contributed by atoms with Crippen LogP contribution in [0.2, 0.25) is 0 Å². The molecule has 2 aliphatic heterocycles. The number of nitrogens with one attached hydrogen (secondary N) is 1. The van der Waals surface area contributed by atoms with Gasteiger partial charge in [-0.2, -0.15) is 14.6 Å². The maximum atomic E-state index is 12.9. The number of likely N-dealkylation sites (tertiary alicyclic amines) is 1. The molecule has 0 spiro atoms. The molecule has 1 unspecified atom stereocenters. The van der Waals surface area contributed by atoms with Gasteiger partial charge in [0.25, 0.3) is 5.78 Å². The summed E-state index contributed by atoms with van der Waals surface area (Å²) in [5, 5.41) is 7.55. The lowest BCUT2D eigenvalue weighted by Crippen LogP contribution is -2.52. The van der Waals surface area contributed by atoms with Crippen molar-refractivity contribution < 1.29 is 4.79 Å². The average Bonchev–Trinajstić information content (AvgIpc) is 3.08. The van der Waals surface area contributed by atoms with Crippen LogP contribution < -0.4 is 10.2 Å². The van der Waals surface area contributed by atoms with E-state index in [4.69, 9.17) is 0 Å². The third kappa shape index (κ3) is 4.93. The fourth-order valence-electron chi connectivity index (χ4n) is 5.17. The van der Waals surface area contributed by atoms with E-state index in [1.165, 1.54) is 12.8 Å². The lowest BCUT2D eigenvalue weighted by molar-refractivity contribution is 0.135. The maximum Gasteiger partial charge on any atom is 0.317 e. The first-order valence-electron chi connectivity index (χ1n) is 12.1. The minimum atomic E-state index is 0.118. The lowest BCUT2D eigenvalue weighted by Gasteiger charge is -2.41. The van der Waals surface area contributed by atoms with E-state index in [9.17, 15) is 4.79 Å². The third-order valence-electron chi connectivity index (χ3n) is 6.67. The van der Waals surface area contributed by atoms with Gasteiger partial charge < -0.3 is 15.1 Å². The van der Waals surface area contributed by atoms with Gasteiger partial charge in [-0.1, -0.05) is 26.2 Å². The molecule has 0 bridgehead atoms. The molecule has 8 nitrogen and oxygen atoms in total. The molecule has 4 heterocycles. The van der Waals surface area contributed by atoms with E-state index >= 15 is 0 Å². The molecule has 31 heavy (non-hydrogen) atoms. The van der Waals surface area contributed by atoms with Gasteiger partial charge in [0, 0.05) is 43.5 Å². The topological polar surface area (TPSA) is 78.7 Å². The molecule has 2 amide bonds. The van der Waals surface area contributed by atoms with Gasteiger partial charge in [0.05, 0.1) is 0 Å². The SMILES string of the molecule is CCCc1cc(N2CCC(C3CCCCCN3C(=O)NC(C)C)CC2)n2ncnc2n1. The number of anilines is 1. The van der Waals surface area contributed by atoms with Gasteiger partial charge in [-0.05, 0) is 51.9 Å². The van der Waals surface area contributed by atoms with Crippen LogP contribution in [0.3, 0.4) is 0 Å². The molecule has 1 N–H and O–H groups in total. The van der Waals surface area contributed by atoms with Crippen LogP contribution in [-0.2, 0) is 6.42 Å². The fourth-order valence-corrected chi connectivity index (χ4v) is 5.17. The van der Waals surface area contributed by atoms with Crippen LogP contribution >= 0.6 is 0 Å². The highest BCUT2D eigenvalue weighted by atomic mass is 16.2. The summed E-state index contributed by atoms with van der Waals surface area (Å²) in [5.74, 6) is 2.33. The van der Waals surface area contributed by atoms with E-state index in [1.807, 2.05) is 18.4 Å². The molecular formula is C23H37N7O. The minimum absolute atomic E-state index is 0.118. The van der Waals surface area contributed by atoms with E-state index in [0.29, 0.717) is 17.7 Å². The van der Waals surface area contributed by atoms with Gasteiger partial charge >= 0.3 is 6.03 Å². The largest absolute Gasteiger partial charge is 0.356 e. The maximum absolute atomic E-state index is 12.9. The Kier molecular flexibility index (Phi) is 6.92. The standard InChI is InChI=1S/C23H37N7O/c1-4-8-19-15-21(30-22(27-19)24-16-25-30)28-13-10-18(11-14-28)20-9-6-5-7-12-29(20)23(31)26-17(2)3/h15-18,20H,4-14H2,1-3H3,(H,26,31). The number of carbonyl (C=O) groups is 1. The number of nitrogens with zero attached hydrogens (tertiary/aromatic N) is 6. The third-order valence-corrected chi connectivity index (χ3v) is 6.67. The smallest absolute Gasteiger partial charge is 0.317 e. The first-order chi connectivity index (χ1) is 15.1. The zero-order chi connectivity index (χ0) is 21.8. The molecule has 2 fully saturated rings. The Balaban J connectivity index is 1.48. The van der Waals surface area contributed by atoms with Crippen molar-refractivity contribution in [1.29, 1.82) is 0 Å². The number of piperidine rings is 1. The van der Waals surface area contributed by atoms with Crippen molar-refractivity contribution >= 4 is 17.6 Å². The van der Waals surface area contributed by atoms with Gasteiger partial charge in [0.1, 0.15) is 12.1 Å². The molecule has 0 saturated carbocycles. The molecule has 2 aromatic rings. The number of aromatic nitrogens is 4. The Bertz CT molecular complexity index is 872. The van der Waals surface area contributed by atoms with Gasteiger partial charge in [0.2, 0.25) is 0 Å².